The molecule has 2 heterocycles. The molecule has 1 aromatic heterocycles. The van der Waals surface area contributed by atoms with Crippen LogP contribution in [0.1, 0.15) is 31.1 Å². The van der Waals surface area contributed by atoms with Gasteiger partial charge >= 0.3 is 0 Å². The summed E-state index contributed by atoms with van der Waals surface area (Å²) in [5.41, 5.74) is 0. The van der Waals surface area contributed by atoms with Gasteiger partial charge in [0.25, 0.3) is 0 Å². The molecule has 94 valence electrons. The molecule has 2 atom stereocenters. The number of thiophene rings is 1. The van der Waals surface area contributed by atoms with Crippen LogP contribution in [0.2, 0.25) is 0 Å². The van der Waals surface area contributed by atoms with Gasteiger partial charge in [0, 0.05) is 17.3 Å². The topological polar surface area (TPSA) is 41.1 Å². The van der Waals surface area contributed by atoms with Crippen LogP contribution in [0, 0.1) is 0 Å². The Hall–Kier alpha value is -0.870. The van der Waals surface area contributed by atoms with Crippen LogP contribution < -0.4 is 10.6 Å². The van der Waals surface area contributed by atoms with Crippen molar-refractivity contribution >= 4 is 17.2 Å². The summed E-state index contributed by atoms with van der Waals surface area (Å²) in [5, 5.41) is 8.44. The van der Waals surface area contributed by atoms with Gasteiger partial charge in [-0.2, -0.15) is 0 Å². The van der Waals surface area contributed by atoms with E-state index in [1.165, 1.54) is 11.3 Å². The van der Waals surface area contributed by atoms with Gasteiger partial charge in [-0.15, -0.1) is 11.3 Å². The fourth-order valence-corrected chi connectivity index (χ4v) is 3.04. The summed E-state index contributed by atoms with van der Waals surface area (Å²) in [6, 6.07) is 4.41. The average Bonchev–Trinajstić information content (AvgIpc) is 2.82. The Balaban J connectivity index is 1.77. The molecule has 0 radical (unpaired) electrons. The number of hydrogen-bond donors (Lipinski definition) is 2. The first-order valence-electron chi connectivity index (χ1n) is 6.32. The molecule has 0 aromatic carbocycles. The molecule has 1 fully saturated rings. The van der Waals surface area contributed by atoms with E-state index < -0.39 is 0 Å². The van der Waals surface area contributed by atoms with Crippen LogP contribution >= 0.6 is 11.3 Å². The van der Waals surface area contributed by atoms with Crippen LogP contribution in [-0.2, 0) is 11.2 Å². The maximum Gasteiger partial charge on any atom is 0.237 e. The molecule has 1 aliphatic heterocycles. The summed E-state index contributed by atoms with van der Waals surface area (Å²) < 4.78 is 0. The summed E-state index contributed by atoms with van der Waals surface area (Å²) in [6.07, 6.45) is 4.24. The van der Waals surface area contributed by atoms with Gasteiger partial charge < -0.3 is 10.6 Å². The van der Waals surface area contributed by atoms with Crippen molar-refractivity contribution in [3.05, 3.63) is 22.4 Å². The first-order chi connectivity index (χ1) is 8.25. The van der Waals surface area contributed by atoms with Gasteiger partial charge in [0.1, 0.15) is 0 Å². The highest BCUT2D eigenvalue weighted by Crippen LogP contribution is 2.12. The van der Waals surface area contributed by atoms with E-state index in [4.69, 9.17) is 0 Å². The average molecular weight is 252 g/mol. The molecule has 2 N–H and O–H groups in total. The Morgan fingerprint density at radius 3 is 3.18 bits per heavy atom. The Kier molecular flexibility index (Phi) is 4.57. The second-order valence-electron chi connectivity index (χ2n) is 4.70. The minimum absolute atomic E-state index is 0.0227. The zero-order chi connectivity index (χ0) is 12.1. The smallest absolute Gasteiger partial charge is 0.237 e. The van der Waals surface area contributed by atoms with E-state index in [1.807, 2.05) is 0 Å². The normalized spacial score (nSPS) is 22.1. The number of hydrogen-bond acceptors (Lipinski definition) is 3. The van der Waals surface area contributed by atoms with Gasteiger partial charge in [-0.05, 0) is 37.8 Å². The zero-order valence-corrected chi connectivity index (χ0v) is 11.1. The minimum atomic E-state index is 0.0227. The molecule has 4 heteroatoms. The first kappa shape index (κ1) is 12.6. The highest BCUT2D eigenvalue weighted by Gasteiger charge is 2.21. The van der Waals surface area contributed by atoms with Crippen LogP contribution in [0.3, 0.4) is 0 Å². The Bertz CT molecular complexity index is 344. The van der Waals surface area contributed by atoms with Crippen LogP contribution in [0.25, 0.3) is 0 Å². The van der Waals surface area contributed by atoms with Crippen molar-refractivity contribution in [1.29, 1.82) is 0 Å². The fraction of sp³-hybridized carbons (Fsp3) is 0.615. The highest BCUT2D eigenvalue weighted by molar-refractivity contribution is 7.09. The number of carbonyl (C=O) groups is 1. The van der Waals surface area contributed by atoms with Crippen molar-refractivity contribution in [2.75, 3.05) is 6.54 Å². The highest BCUT2D eigenvalue weighted by atomic mass is 32.1. The van der Waals surface area contributed by atoms with E-state index >= 15 is 0 Å². The van der Waals surface area contributed by atoms with Gasteiger partial charge in [0.15, 0.2) is 0 Å². The quantitative estimate of drug-likeness (QED) is 0.860. The molecule has 17 heavy (non-hydrogen) atoms. The first-order valence-corrected chi connectivity index (χ1v) is 7.20. The van der Waals surface area contributed by atoms with Crippen molar-refractivity contribution in [3.8, 4) is 0 Å². The molecular weight excluding hydrogens is 232 g/mol. The molecule has 0 aliphatic carbocycles. The third-order valence-electron chi connectivity index (χ3n) is 3.10. The van der Waals surface area contributed by atoms with Gasteiger partial charge in [0.2, 0.25) is 5.91 Å². The van der Waals surface area contributed by atoms with Gasteiger partial charge in [-0.3, -0.25) is 4.79 Å². The third-order valence-corrected chi connectivity index (χ3v) is 4.00. The molecular formula is C13H20N2OS. The molecule has 1 aliphatic rings. The van der Waals surface area contributed by atoms with Gasteiger partial charge in [0.05, 0.1) is 6.04 Å². The number of carbonyl (C=O) groups excluding carboxylic acids is 1. The lowest BCUT2D eigenvalue weighted by atomic mass is 10.0. The lowest BCUT2D eigenvalue weighted by Crippen LogP contribution is -2.49. The van der Waals surface area contributed by atoms with Crippen LogP contribution in [0.15, 0.2) is 17.5 Å². The van der Waals surface area contributed by atoms with E-state index in [2.05, 4.69) is 35.1 Å². The van der Waals surface area contributed by atoms with Crippen molar-refractivity contribution < 1.29 is 4.79 Å². The van der Waals surface area contributed by atoms with E-state index in [-0.39, 0.29) is 18.0 Å². The lowest BCUT2D eigenvalue weighted by molar-refractivity contribution is -0.124. The molecule has 3 nitrogen and oxygen atoms in total. The largest absolute Gasteiger partial charge is 0.352 e. The second-order valence-corrected chi connectivity index (χ2v) is 5.73. The van der Waals surface area contributed by atoms with Crippen LogP contribution in [0.5, 0.6) is 0 Å². The summed E-state index contributed by atoms with van der Waals surface area (Å²) in [6.45, 7) is 3.04. The molecule has 1 unspecified atom stereocenters. The number of rotatable bonds is 4. The van der Waals surface area contributed by atoms with Crippen molar-refractivity contribution in [2.24, 2.45) is 0 Å². The van der Waals surface area contributed by atoms with Crippen molar-refractivity contribution in [1.82, 2.24) is 10.6 Å². The molecule has 1 amide bonds. The van der Waals surface area contributed by atoms with Crippen molar-refractivity contribution in [2.45, 2.75) is 44.7 Å². The van der Waals surface area contributed by atoms with Crippen LogP contribution in [-0.4, -0.2) is 24.5 Å². The maximum absolute atomic E-state index is 12.0. The second kappa shape index (κ2) is 6.17. The van der Waals surface area contributed by atoms with Gasteiger partial charge in [-0.1, -0.05) is 12.5 Å². The molecule has 0 saturated carbocycles. The molecule has 0 spiro atoms. The Labute approximate surface area is 107 Å². The minimum Gasteiger partial charge on any atom is -0.352 e. The SMILES string of the molecule is CC(Cc1cccs1)NC(=O)[C@@H]1CCCCN1. The maximum atomic E-state index is 12.0. The third kappa shape index (κ3) is 3.82. The number of nitrogens with one attached hydrogen (secondary N) is 2. The van der Waals surface area contributed by atoms with E-state index in [0.717, 1.165) is 25.8 Å². The fourth-order valence-electron chi connectivity index (χ4n) is 2.20. The summed E-state index contributed by atoms with van der Waals surface area (Å²) in [5.74, 6) is 0.161. The molecule has 2 rings (SSSR count). The van der Waals surface area contributed by atoms with E-state index in [0.29, 0.717) is 0 Å². The van der Waals surface area contributed by atoms with E-state index in [1.54, 1.807) is 11.3 Å². The molecule has 1 saturated heterocycles. The lowest BCUT2D eigenvalue weighted by Gasteiger charge is -2.24. The van der Waals surface area contributed by atoms with Crippen LogP contribution in [0.4, 0.5) is 0 Å². The number of piperidine rings is 1. The predicted molar refractivity (Wildman–Crippen MR) is 71.3 cm³/mol. The van der Waals surface area contributed by atoms with Crippen molar-refractivity contribution in [3.63, 3.8) is 0 Å². The summed E-state index contributed by atoms with van der Waals surface area (Å²) in [7, 11) is 0. The molecule has 0 bridgehead atoms. The zero-order valence-electron chi connectivity index (χ0n) is 10.2. The molecule has 1 aromatic rings. The summed E-state index contributed by atoms with van der Waals surface area (Å²) in [4.78, 5) is 13.3. The Morgan fingerprint density at radius 2 is 2.53 bits per heavy atom. The Morgan fingerprint density at radius 1 is 1.65 bits per heavy atom. The monoisotopic (exact) mass is 252 g/mol. The van der Waals surface area contributed by atoms with E-state index in [9.17, 15) is 4.79 Å². The number of amides is 1. The predicted octanol–water partition coefficient (Wildman–Crippen LogP) is 1.94. The standard InChI is InChI=1S/C13H20N2OS/c1-10(9-11-5-4-8-17-11)15-13(16)12-6-2-3-7-14-12/h4-5,8,10,12,14H,2-3,6-7,9H2,1H3,(H,15,16)/t10?,12-/m0/s1. The summed E-state index contributed by atoms with van der Waals surface area (Å²) >= 11 is 1.75. The van der Waals surface area contributed by atoms with Gasteiger partial charge in [-0.25, -0.2) is 0 Å².